The first-order chi connectivity index (χ1) is 11.2. The molecule has 4 nitrogen and oxygen atoms in total. The lowest BCUT2D eigenvalue weighted by Crippen LogP contribution is -2.51. The number of aryl methyl sites for hydroxylation is 2. The summed E-state index contributed by atoms with van der Waals surface area (Å²) in [5.74, 6) is 0.791. The van der Waals surface area contributed by atoms with E-state index in [2.05, 4.69) is 31.2 Å². The van der Waals surface area contributed by atoms with Gasteiger partial charge in [0.15, 0.2) is 0 Å². The highest BCUT2D eigenvalue weighted by molar-refractivity contribution is 5.81. The van der Waals surface area contributed by atoms with E-state index in [4.69, 9.17) is 0 Å². The summed E-state index contributed by atoms with van der Waals surface area (Å²) >= 11 is 0. The summed E-state index contributed by atoms with van der Waals surface area (Å²) in [6.45, 7) is 4.92. The number of hydrogen-bond donors (Lipinski definition) is 0. The van der Waals surface area contributed by atoms with Gasteiger partial charge in [0.25, 0.3) is 0 Å². The predicted octanol–water partition coefficient (Wildman–Crippen LogP) is 2.26. The molecule has 1 saturated carbocycles. The van der Waals surface area contributed by atoms with Crippen molar-refractivity contribution in [3.05, 3.63) is 35.4 Å². The van der Waals surface area contributed by atoms with Crippen molar-refractivity contribution in [2.24, 2.45) is 5.92 Å². The van der Waals surface area contributed by atoms with Crippen LogP contribution in [0.3, 0.4) is 0 Å². The van der Waals surface area contributed by atoms with Gasteiger partial charge in [-0.3, -0.25) is 9.59 Å². The SMILES string of the molecule is CCc1ccc(CCC(=O)N2CCN(C(=O)C3CC3)CC2)cc1. The Hall–Kier alpha value is -1.84. The number of nitrogens with zero attached hydrogens (tertiary/aromatic N) is 2. The Kier molecular flexibility index (Phi) is 4.99. The molecule has 2 fully saturated rings. The van der Waals surface area contributed by atoms with Gasteiger partial charge in [-0.25, -0.2) is 0 Å². The van der Waals surface area contributed by atoms with Crippen LogP contribution < -0.4 is 0 Å². The van der Waals surface area contributed by atoms with Gasteiger partial charge in [-0.2, -0.15) is 0 Å². The molecular weight excluding hydrogens is 288 g/mol. The fourth-order valence-corrected chi connectivity index (χ4v) is 3.12. The highest BCUT2D eigenvalue weighted by Gasteiger charge is 2.35. The lowest BCUT2D eigenvalue weighted by atomic mass is 10.1. The molecule has 1 heterocycles. The minimum atomic E-state index is 0.211. The van der Waals surface area contributed by atoms with E-state index in [9.17, 15) is 9.59 Å². The summed E-state index contributed by atoms with van der Waals surface area (Å²) in [7, 11) is 0. The van der Waals surface area contributed by atoms with Crippen LogP contribution in [0.25, 0.3) is 0 Å². The number of hydrogen-bond acceptors (Lipinski definition) is 2. The molecule has 3 rings (SSSR count). The standard InChI is InChI=1S/C19H26N2O2/c1-2-15-3-5-16(6-4-15)7-10-18(22)20-11-13-21(14-12-20)19(23)17-8-9-17/h3-6,17H,2,7-14H2,1H3. The van der Waals surface area contributed by atoms with Gasteiger partial charge in [-0.1, -0.05) is 31.2 Å². The van der Waals surface area contributed by atoms with Gasteiger partial charge in [-0.05, 0) is 36.8 Å². The van der Waals surface area contributed by atoms with Crippen molar-refractivity contribution in [2.45, 2.75) is 39.0 Å². The number of carbonyl (C=O) groups excluding carboxylic acids is 2. The molecule has 0 radical (unpaired) electrons. The molecule has 4 heteroatoms. The van der Waals surface area contributed by atoms with E-state index in [-0.39, 0.29) is 11.8 Å². The minimum Gasteiger partial charge on any atom is -0.339 e. The van der Waals surface area contributed by atoms with E-state index < -0.39 is 0 Å². The van der Waals surface area contributed by atoms with Crippen LogP contribution in [0, 0.1) is 5.92 Å². The Bertz CT molecular complexity index is 555. The van der Waals surface area contributed by atoms with E-state index in [0.29, 0.717) is 38.5 Å². The molecular formula is C19H26N2O2. The maximum Gasteiger partial charge on any atom is 0.225 e. The third kappa shape index (κ3) is 4.12. The van der Waals surface area contributed by atoms with Crippen molar-refractivity contribution < 1.29 is 9.59 Å². The van der Waals surface area contributed by atoms with Crippen LogP contribution >= 0.6 is 0 Å². The number of amides is 2. The molecule has 0 aromatic heterocycles. The Balaban J connectivity index is 1.42. The van der Waals surface area contributed by atoms with Crippen LogP contribution in [0.2, 0.25) is 0 Å². The zero-order valence-corrected chi connectivity index (χ0v) is 14.0. The zero-order valence-electron chi connectivity index (χ0n) is 14.0. The third-order valence-electron chi connectivity index (χ3n) is 4.93. The minimum absolute atomic E-state index is 0.211. The monoisotopic (exact) mass is 314 g/mol. The quantitative estimate of drug-likeness (QED) is 0.836. The predicted molar refractivity (Wildman–Crippen MR) is 90.0 cm³/mol. The van der Waals surface area contributed by atoms with E-state index in [0.717, 1.165) is 25.7 Å². The summed E-state index contributed by atoms with van der Waals surface area (Å²) in [5.41, 5.74) is 2.55. The molecule has 2 aliphatic rings. The molecule has 1 aromatic carbocycles. The fourth-order valence-electron chi connectivity index (χ4n) is 3.12. The van der Waals surface area contributed by atoms with Gasteiger partial charge < -0.3 is 9.80 Å². The van der Waals surface area contributed by atoms with Crippen LogP contribution in [-0.2, 0) is 22.4 Å². The van der Waals surface area contributed by atoms with Crippen LogP contribution in [0.5, 0.6) is 0 Å². The van der Waals surface area contributed by atoms with Gasteiger partial charge in [0.1, 0.15) is 0 Å². The normalized spacial score (nSPS) is 18.1. The zero-order chi connectivity index (χ0) is 16.2. The maximum atomic E-state index is 12.3. The smallest absolute Gasteiger partial charge is 0.225 e. The average molecular weight is 314 g/mol. The van der Waals surface area contributed by atoms with E-state index in [1.54, 1.807) is 0 Å². The molecule has 1 saturated heterocycles. The molecule has 1 aliphatic carbocycles. The Morgan fingerprint density at radius 2 is 1.52 bits per heavy atom. The van der Waals surface area contributed by atoms with Crippen molar-refractivity contribution in [2.75, 3.05) is 26.2 Å². The second-order valence-corrected chi connectivity index (χ2v) is 6.65. The molecule has 1 aromatic rings. The first-order valence-electron chi connectivity index (χ1n) is 8.81. The molecule has 0 N–H and O–H groups in total. The maximum absolute atomic E-state index is 12.3. The summed E-state index contributed by atoms with van der Waals surface area (Å²) in [4.78, 5) is 28.2. The van der Waals surface area contributed by atoms with E-state index in [1.165, 1.54) is 11.1 Å². The second kappa shape index (κ2) is 7.16. The number of rotatable bonds is 5. The average Bonchev–Trinajstić information content (AvgIpc) is 3.44. The van der Waals surface area contributed by atoms with Gasteiger partial charge in [0.05, 0.1) is 0 Å². The molecule has 0 bridgehead atoms. The molecule has 1 aliphatic heterocycles. The van der Waals surface area contributed by atoms with Crippen molar-refractivity contribution in [3.63, 3.8) is 0 Å². The Labute approximate surface area is 138 Å². The number of benzene rings is 1. The molecule has 124 valence electrons. The summed E-state index contributed by atoms with van der Waals surface area (Å²) < 4.78 is 0. The van der Waals surface area contributed by atoms with Gasteiger partial charge in [-0.15, -0.1) is 0 Å². The van der Waals surface area contributed by atoms with Crippen LogP contribution in [0.15, 0.2) is 24.3 Å². The molecule has 0 unspecified atom stereocenters. The fraction of sp³-hybridized carbons (Fsp3) is 0.579. The van der Waals surface area contributed by atoms with E-state index in [1.807, 2.05) is 9.80 Å². The number of piperazine rings is 1. The summed E-state index contributed by atoms with van der Waals surface area (Å²) in [6, 6.07) is 8.53. The molecule has 2 amide bonds. The molecule has 0 spiro atoms. The Morgan fingerprint density at radius 3 is 2.09 bits per heavy atom. The topological polar surface area (TPSA) is 40.6 Å². The highest BCUT2D eigenvalue weighted by atomic mass is 16.2. The third-order valence-corrected chi connectivity index (χ3v) is 4.93. The molecule has 23 heavy (non-hydrogen) atoms. The highest BCUT2D eigenvalue weighted by Crippen LogP contribution is 2.31. The van der Waals surface area contributed by atoms with Crippen molar-refractivity contribution in [1.82, 2.24) is 9.80 Å². The van der Waals surface area contributed by atoms with Crippen molar-refractivity contribution in [3.8, 4) is 0 Å². The van der Waals surface area contributed by atoms with Crippen LogP contribution in [-0.4, -0.2) is 47.8 Å². The largest absolute Gasteiger partial charge is 0.339 e. The van der Waals surface area contributed by atoms with Crippen molar-refractivity contribution >= 4 is 11.8 Å². The van der Waals surface area contributed by atoms with Gasteiger partial charge >= 0.3 is 0 Å². The van der Waals surface area contributed by atoms with Crippen LogP contribution in [0.1, 0.15) is 37.3 Å². The van der Waals surface area contributed by atoms with Gasteiger partial charge in [0, 0.05) is 38.5 Å². The lowest BCUT2D eigenvalue weighted by Gasteiger charge is -2.35. The number of carbonyl (C=O) groups is 2. The first-order valence-corrected chi connectivity index (χ1v) is 8.81. The second-order valence-electron chi connectivity index (χ2n) is 6.65. The van der Waals surface area contributed by atoms with Crippen LogP contribution in [0.4, 0.5) is 0 Å². The summed E-state index contributed by atoms with van der Waals surface area (Å²) in [6.07, 6.45) is 4.50. The first kappa shape index (κ1) is 16.0. The van der Waals surface area contributed by atoms with E-state index >= 15 is 0 Å². The van der Waals surface area contributed by atoms with Crippen molar-refractivity contribution in [1.29, 1.82) is 0 Å². The summed E-state index contributed by atoms with van der Waals surface area (Å²) in [5, 5.41) is 0. The lowest BCUT2D eigenvalue weighted by molar-refractivity contribution is -0.140. The Morgan fingerprint density at radius 1 is 0.957 bits per heavy atom. The van der Waals surface area contributed by atoms with Gasteiger partial charge in [0.2, 0.25) is 11.8 Å². The molecule has 0 atom stereocenters.